The van der Waals surface area contributed by atoms with Gasteiger partial charge in [0, 0.05) is 17.8 Å². The van der Waals surface area contributed by atoms with Crippen LogP contribution in [-0.2, 0) is 5.75 Å². The molecule has 0 aromatic carbocycles. The van der Waals surface area contributed by atoms with Gasteiger partial charge in [0.1, 0.15) is 5.82 Å². The highest BCUT2D eigenvalue weighted by Gasteiger charge is 2.19. The summed E-state index contributed by atoms with van der Waals surface area (Å²) in [6.45, 7) is 2.34. The van der Waals surface area contributed by atoms with E-state index in [-0.39, 0.29) is 0 Å². The highest BCUT2D eigenvalue weighted by molar-refractivity contribution is 7.79. The normalized spacial score (nSPS) is 19.3. The molecule has 3 nitrogen and oxygen atoms in total. The summed E-state index contributed by atoms with van der Waals surface area (Å²) in [4.78, 5) is 11.1. The van der Waals surface area contributed by atoms with Crippen LogP contribution in [0, 0.1) is 0 Å². The van der Waals surface area contributed by atoms with Gasteiger partial charge in [-0.25, -0.2) is 9.97 Å². The quantitative estimate of drug-likeness (QED) is 0.774. The Balaban J connectivity index is 2.08. The van der Waals surface area contributed by atoms with Crippen LogP contribution in [0.25, 0.3) is 0 Å². The number of likely N-dealkylation sites (tertiary alicyclic amines) is 1. The van der Waals surface area contributed by atoms with Crippen molar-refractivity contribution in [3.63, 3.8) is 0 Å². The predicted octanol–water partition coefficient (Wildman–Crippen LogP) is 1.72. The second kappa shape index (κ2) is 4.94. The van der Waals surface area contributed by atoms with E-state index < -0.39 is 0 Å². The third-order valence-corrected chi connectivity index (χ3v) is 3.29. The van der Waals surface area contributed by atoms with Gasteiger partial charge < -0.3 is 4.90 Å². The molecule has 0 N–H and O–H groups in total. The maximum atomic E-state index is 4.53. The Labute approximate surface area is 96.3 Å². The molecule has 82 valence electrons. The molecule has 2 heterocycles. The van der Waals surface area contributed by atoms with Gasteiger partial charge in [0.25, 0.3) is 0 Å². The third-order valence-electron chi connectivity index (χ3n) is 3.01. The van der Waals surface area contributed by atoms with Crippen LogP contribution < -0.4 is 0 Å². The van der Waals surface area contributed by atoms with Crippen molar-refractivity contribution in [2.75, 3.05) is 20.1 Å². The average Bonchev–Trinajstić information content (AvgIpc) is 2.30. The molecule has 1 fully saturated rings. The van der Waals surface area contributed by atoms with Crippen LogP contribution in [0.4, 0.5) is 0 Å². The summed E-state index contributed by atoms with van der Waals surface area (Å²) >= 11 is 4.20. The highest BCUT2D eigenvalue weighted by atomic mass is 32.1. The number of piperidine rings is 1. The minimum atomic E-state index is 0.614. The molecule has 1 aromatic heterocycles. The van der Waals surface area contributed by atoms with Crippen molar-refractivity contribution in [3.8, 4) is 0 Å². The van der Waals surface area contributed by atoms with Crippen molar-refractivity contribution < 1.29 is 0 Å². The smallest absolute Gasteiger partial charge is 0.138 e. The fraction of sp³-hybridized carbons (Fsp3) is 0.636. The lowest BCUT2D eigenvalue weighted by atomic mass is 9.94. The van der Waals surface area contributed by atoms with Gasteiger partial charge in [-0.15, -0.1) is 0 Å². The van der Waals surface area contributed by atoms with Gasteiger partial charge in [-0.2, -0.15) is 12.6 Å². The molecule has 1 saturated heterocycles. The second-order valence-corrected chi connectivity index (χ2v) is 4.45. The molecule has 1 aromatic rings. The van der Waals surface area contributed by atoms with E-state index >= 15 is 0 Å². The molecule has 0 aliphatic carbocycles. The molecular formula is C11H17N3S. The number of rotatable bonds is 2. The molecule has 0 bridgehead atoms. The summed E-state index contributed by atoms with van der Waals surface area (Å²) in [5, 5.41) is 0. The molecule has 0 amide bonds. The molecule has 4 heteroatoms. The summed E-state index contributed by atoms with van der Waals surface area (Å²) in [7, 11) is 2.18. The molecule has 0 unspecified atom stereocenters. The Morgan fingerprint density at radius 3 is 2.87 bits per heavy atom. The second-order valence-electron chi connectivity index (χ2n) is 4.13. The van der Waals surface area contributed by atoms with Crippen molar-refractivity contribution in [2.45, 2.75) is 24.5 Å². The Morgan fingerprint density at radius 1 is 1.47 bits per heavy atom. The molecule has 1 aliphatic heterocycles. The first kappa shape index (κ1) is 10.9. The summed E-state index contributed by atoms with van der Waals surface area (Å²) in [6.07, 6.45) is 4.27. The molecule has 0 atom stereocenters. The van der Waals surface area contributed by atoms with Gasteiger partial charge in [0.15, 0.2) is 0 Å². The lowest BCUT2D eigenvalue weighted by Crippen LogP contribution is -2.29. The molecule has 15 heavy (non-hydrogen) atoms. The van der Waals surface area contributed by atoms with E-state index in [1.165, 1.54) is 31.6 Å². The number of hydrogen-bond acceptors (Lipinski definition) is 4. The van der Waals surface area contributed by atoms with Crippen molar-refractivity contribution in [2.24, 2.45) is 0 Å². The Hall–Kier alpha value is -0.610. The van der Waals surface area contributed by atoms with Crippen LogP contribution in [0.5, 0.6) is 0 Å². The lowest BCUT2D eigenvalue weighted by molar-refractivity contribution is 0.253. The molecule has 0 radical (unpaired) electrons. The van der Waals surface area contributed by atoms with E-state index in [2.05, 4.69) is 34.5 Å². The third kappa shape index (κ3) is 2.69. The minimum Gasteiger partial charge on any atom is -0.306 e. The minimum absolute atomic E-state index is 0.614. The zero-order chi connectivity index (χ0) is 10.7. The topological polar surface area (TPSA) is 29.0 Å². The van der Waals surface area contributed by atoms with Gasteiger partial charge in [0.05, 0.1) is 5.75 Å². The van der Waals surface area contributed by atoms with Gasteiger partial charge in [-0.1, -0.05) is 0 Å². The van der Waals surface area contributed by atoms with Gasteiger partial charge in [0.2, 0.25) is 0 Å². The molecule has 0 saturated carbocycles. The number of aromatic nitrogens is 2. The van der Waals surface area contributed by atoms with E-state index in [0.717, 1.165) is 5.82 Å². The van der Waals surface area contributed by atoms with E-state index in [0.29, 0.717) is 11.7 Å². The zero-order valence-electron chi connectivity index (χ0n) is 9.06. The van der Waals surface area contributed by atoms with Crippen LogP contribution in [0.3, 0.4) is 0 Å². The number of nitrogens with zero attached hydrogens (tertiary/aromatic N) is 3. The largest absolute Gasteiger partial charge is 0.306 e. The first-order valence-electron chi connectivity index (χ1n) is 5.41. The van der Waals surface area contributed by atoms with E-state index in [1.54, 1.807) is 0 Å². The Morgan fingerprint density at radius 2 is 2.20 bits per heavy atom. The predicted molar refractivity (Wildman–Crippen MR) is 64.2 cm³/mol. The van der Waals surface area contributed by atoms with Gasteiger partial charge in [-0.3, -0.25) is 0 Å². The first-order valence-corrected chi connectivity index (χ1v) is 6.04. The van der Waals surface area contributed by atoms with Crippen LogP contribution in [-0.4, -0.2) is 35.0 Å². The molecule has 0 spiro atoms. The van der Waals surface area contributed by atoms with Crippen molar-refractivity contribution in [1.29, 1.82) is 0 Å². The van der Waals surface area contributed by atoms with Crippen LogP contribution in [0.1, 0.15) is 30.3 Å². The van der Waals surface area contributed by atoms with Crippen molar-refractivity contribution in [1.82, 2.24) is 14.9 Å². The van der Waals surface area contributed by atoms with Crippen molar-refractivity contribution in [3.05, 3.63) is 23.8 Å². The van der Waals surface area contributed by atoms with Crippen LogP contribution in [0.15, 0.2) is 12.3 Å². The lowest BCUT2D eigenvalue weighted by Gasteiger charge is -2.28. The summed E-state index contributed by atoms with van der Waals surface area (Å²) in [5.74, 6) is 2.08. The van der Waals surface area contributed by atoms with Crippen LogP contribution >= 0.6 is 12.6 Å². The van der Waals surface area contributed by atoms with E-state index in [1.807, 2.05) is 12.3 Å². The molecule has 2 rings (SSSR count). The number of hydrogen-bond donors (Lipinski definition) is 1. The monoisotopic (exact) mass is 223 g/mol. The standard InChI is InChI=1S/C11H17N3S/c1-14-6-3-9(4-7-14)10-2-5-12-11(8-15)13-10/h2,5,9,15H,3-4,6-8H2,1H3. The van der Waals surface area contributed by atoms with Gasteiger partial charge in [-0.05, 0) is 39.0 Å². The van der Waals surface area contributed by atoms with Crippen molar-refractivity contribution >= 4 is 12.6 Å². The fourth-order valence-corrected chi connectivity index (χ4v) is 2.18. The summed E-state index contributed by atoms with van der Waals surface area (Å²) in [6, 6.07) is 2.04. The molecular weight excluding hydrogens is 206 g/mol. The zero-order valence-corrected chi connectivity index (χ0v) is 9.95. The average molecular weight is 223 g/mol. The first-order chi connectivity index (χ1) is 7.29. The number of thiol groups is 1. The highest BCUT2D eigenvalue weighted by Crippen LogP contribution is 2.25. The van der Waals surface area contributed by atoms with Gasteiger partial charge >= 0.3 is 0 Å². The van der Waals surface area contributed by atoms with E-state index in [9.17, 15) is 0 Å². The summed E-state index contributed by atoms with van der Waals surface area (Å²) in [5.41, 5.74) is 1.20. The Kier molecular flexibility index (Phi) is 3.59. The van der Waals surface area contributed by atoms with Crippen LogP contribution in [0.2, 0.25) is 0 Å². The fourth-order valence-electron chi connectivity index (χ4n) is 2.02. The SMILES string of the molecule is CN1CCC(c2ccnc(CS)n2)CC1. The summed E-state index contributed by atoms with van der Waals surface area (Å²) < 4.78 is 0. The molecule has 1 aliphatic rings. The maximum absolute atomic E-state index is 4.53. The maximum Gasteiger partial charge on any atom is 0.138 e. The Bertz CT molecular complexity index is 321. The van der Waals surface area contributed by atoms with E-state index in [4.69, 9.17) is 0 Å².